The number of fused-ring (bicyclic) bond motifs is 4. The van der Waals surface area contributed by atoms with Gasteiger partial charge in [-0.2, -0.15) is 0 Å². The fraction of sp³-hybridized carbons (Fsp3) is 0.225. The van der Waals surface area contributed by atoms with Gasteiger partial charge in [0.15, 0.2) is 0 Å². The van der Waals surface area contributed by atoms with E-state index in [1.807, 2.05) is 60.7 Å². The number of aliphatic hydroxyl groups excluding tert-OH is 1. The van der Waals surface area contributed by atoms with E-state index in [1.54, 1.807) is 42.5 Å². The SMILES string of the molecule is C.CCc1cc(-c2ccc(C(=O)OCc3ccccc3)cc2)ccc1OCCNCC(O)c1ccc2cc1NS(=O)(=O)c1cccc(c1)CO2. The third-order valence-corrected chi connectivity index (χ3v) is 9.59. The molecule has 6 rings (SSSR count). The Labute approximate surface area is 293 Å². The summed E-state index contributed by atoms with van der Waals surface area (Å²) in [6.07, 6.45) is -0.217. The highest BCUT2D eigenvalue weighted by Crippen LogP contribution is 2.32. The van der Waals surface area contributed by atoms with Gasteiger partial charge in [0.2, 0.25) is 0 Å². The fourth-order valence-electron chi connectivity index (χ4n) is 5.54. The predicted octanol–water partition coefficient (Wildman–Crippen LogP) is 7.30. The molecular weight excluding hydrogens is 653 g/mol. The maximum absolute atomic E-state index is 13.1. The molecule has 1 heterocycles. The molecule has 50 heavy (non-hydrogen) atoms. The molecule has 5 aromatic carbocycles. The lowest BCUT2D eigenvalue weighted by Gasteiger charge is -2.20. The summed E-state index contributed by atoms with van der Waals surface area (Å²) in [5.74, 6) is 0.900. The standard InChI is InChI=1S/C39H38N2O7S.CH4/c1-2-29-22-32(30-11-13-31(14-12-30)39(43)48-25-27-7-4-3-5-8-27)15-18-38(29)46-20-19-40-24-37(42)35-17-16-33-23-36(35)41-49(44,45)34-10-6-9-28(21-34)26-47-33;/h3-18,21-23,37,40-42H,2,19-20,24-26H2,1H3;1H4. The molecule has 0 aliphatic carbocycles. The van der Waals surface area contributed by atoms with Crippen molar-refractivity contribution in [2.75, 3.05) is 24.4 Å². The number of carbonyl (C=O) groups excluding carboxylic acids is 1. The number of sulfonamides is 1. The van der Waals surface area contributed by atoms with Crippen LogP contribution in [0, 0.1) is 0 Å². The third kappa shape index (κ3) is 8.89. The molecule has 3 N–H and O–H groups in total. The van der Waals surface area contributed by atoms with Crippen LogP contribution in [-0.2, 0) is 34.4 Å². The van der Waals surface area contributed by atoms with Gasteiger partial charge in [-0.15, -0.1) is 0 Å². The van der Waals surface area contributed by atoms with Crippen molar-refractivity contribution in [2.45, 2.75) is 45.0 Å². The van der Waals surface area contributed by atoms with Crippen LogP contribution < -0.4 is 19.5 Å². The molecule has 0 saturated carbocycles. The van der Waals surface area contributed by atoms with Crippen molar-refractivity contribution < 1.29 is 32.5 Å². The summed E-state index contributed by atoms with van der Waals surface area (Å²) in [5.41, 5.74) is 5.90. The van der Waals surface area contributed by atoms with Gasteiger partial charge < -0.3 is 24.6 Å². The molecule has 260 valence electrons. The molecule has 1 atom stereocenters. The van der Waals surface area contributed by atoms with Gasteiger partial charge in [0.1, 0.15) is 31.3 Å². The lowest BCUT2D eigenvalue weighted by Crippen LogP contribution is -2.27. The van der Waals surface area contributed by atoms with E-state index in [0.717, 1.165) is 40.0 Å². The van der Waals surface area contributed by atoms with Crippen LogP contribution in [0.5, 0.6) is 11.5 Å². The predicted molar refractivity (Wildman–Crippen MR) is 195 cm³/mol. The van der Waals surface area contributed by atoms with Crippen LogP contribution in [0.15, 0.2) is 120 Å². The largest absolute Gasteiger partial charge is 0.492 e. The molecule has 0 amide bonds. The maximum atomic E-state index is 13.1. The van der Waals surface area contributed by atoms with E-state index in [4.69, 9.17) is 14.2 Å². The van der Waals surface area contributed by atoms with Gasteiger partial charge in [-0.3, -0.25) is 4.72 Å². The first-order valence-electron chi connectivity index (χ1n) is 16.1. The average Bonchev–Trinajstić information content (AvgIpc) is 3.13. The molecule has 0 fully saturated rings. The van der Waals surface area contributed by atoms with Gasteiger partial charge in [0.05, 0.1) is 22.3 Å². The van der Waals surface area contributed by atoms with Gasteiger partial charge in [0.25, 0.3) is 10.0 Å². The van der Waals surface area contributed by atoms with E-state index in [2.05, 4.69) is 23.0 Å². The van der Waals surface area contributed by atoms with E-state index >= 15 is 0 Å². The van der Waals surface area contributed by atoms with Gasteiger partial charge in [-0.05, 0) is 76.7 Å². The van der Waals surface area contributed by atoms with Gasteiger partial charge in [-0.25, -0.2) is 13.2 Å². The van der Waals surface area contributed by atoms with Crippen LogP contribution in [0.3, 0.4) is 0 Å². The Kier molecular flexibility index (Phi) is 11.9. The number of aryl methyl sites for hydroxylation is 1. The monoisotopic (exact) mass is 694 g/mol. The van der Waals surface area contributed by atoms with Gasteiger partial charge in [0, 0.05) is 24.7 Å². The lowest BCUT2D eigenvalue weighted by molar-refractivity contribution is 0.0472. The molecule has 1 aliphatic rings. The van der Waals surface area contributed by atoms with Crippen molar-refractivity contribution >= 4 is 21.7 Å². The molecule has 9 nitrogen and oxygen atoms in total. The number of rotatable bonds is 12. The highest BCUT2D eigenvalue weighted by Gasteiger charge is 2.21. The Bertz CT molecular complexity index is 2020. The van der Waals surface area contributed by atoms with E-state index in [-0.39, 0.29) is 43.7 Å². The van der Waals surface area contributed by atoms with Crippen LogP contribution in [0.1, 0.15) is 53.1 Å². The average molecular weight is 695 g/mol. The van der Waals surface area contributed by atoms with Crippen molar-refractivity contribution in [1.82, 2.24) is 5.32 Å². The summed E-state index contributed by atoms with van der Waals surface area (Å²) in [6.45, 7) is 3.52. The van der Waals surface area contributed by atoms with E-state index in [9.17, 15) is 18.3 Å². The third-order valence-electron chi connectivity index (χ3n) is 8.22. The number of ether oxygens (including phenoxy) is 3. The van der Waals surface area contributed by atoms with Crippen LogP contribution >= 0.6 is 0 Å². The van der Waals surface area contributed by atoms with E-state index in [1.165, 1.54) is 6.07 Å². The number of hydrogen-bond acceptors (Lipinski definition) is 8. The molecule has 1 aliphatic heterocycles. The first-order chi connectivity index (χ1) is 23.8. The molecule has 4 bridgehead atoms. The van der Waals surface area contributed by atoms with Crippen LogP contribution in [0.25, 0.3) is 11.1 Å². The summed E-state index contributed by atoms with van der Waals surface area (Å²) < 4.78 is 46.1. The number of hydrogen-bond donors (Lipinski definition) is 3. The van der Waals surface area contributed by atoms with Gasteiger partial charge in [-0.1, -0.05) is 81.1 Å². The maximum Gasteiger partial charge on any atom is 0.338 e. The Morgan fingerprint density at radius 3 is 2.48 bits per heavy atom. The number of benzene rings is 5. The molecule has 1 unspecified atom stereocenters. The normalized spacial score (nSPS) is 13.5. The van der Waals surface area contributed by atoms with Crippen LogP contribution in [0.2, 0.25) is 0 Å². The van der Waals surface area contributed by atoms with Crippen molar-refractivity contribution in [3.8, 4) is 22.6 Å². The van der Waals surface area contributed by atoms with Crippen LogP contribution in [0.4, 0.5) is 5.69 Å². The summed E-state index contributed by atoms with van der Waals surface area (Å²) in [7, 11) is -3.85. The Balaban J connectivity index is 0.00000486. The molecule has 10 heteroatoms. The zero-order valence-electron chi connectivity index (χ0n) is 27.1. The number of nitrogens with one attached hydrogen (secondary N) is 2. The second-order valence-corrected chi connectivity index (χ2v) is 13.4. The topological polar surface area (TPSA) is 123 Å². The second kappa shape index (κ2) is 16.5. The number of carbonyl (C=O) groups is 1. The van der Waals surface area contributed by atoms with Crippen LogP contribution in [-0.4, -0.2) is 39.2 Å². The first-order valence-corrected chi connectivity index (χ1v) is 17.6. The summed E-state index contributed by atoms with van der Waals surface area (Å²) in [6, 6.07) is 34.5. The van der Waals surface area contributed by atoms with E-state index < -0.39 is 16.1 Å². The van der Waals surface area contributed by atoms with Gasteiger partial charge >= 0.3 is 5.97 Å². The first kappa shape index (κ1) is 36.1. The second-order valence-electron chi connectivity index (χ2n) is 11.7. The molecule has 0 spiro atoms. The summed E-state index contributed by atoms with van der Waals surface area (Å²) in [5, 5.41) is 14.2. The fourth-order valence-corrected chi connectivity index (χ4v) is 6.69. The molecule has 5 aromatic rings. The van der Waals surface area contributed by atoms with E-state index in [0.29, 0.717) is 30.0 Å². The molecule has 0 radical (unpaired) electrons. The quantitative estimate of drug-likeness (QED) is 0.0919. The van der Waals surface area contributed by atoms with Crippen molar-refractivity contribution in [1.29, 1.82) is 0 Å². The highest BCUT2D eigenvalue weighted by atomic mass is 32.2. The molecule has 0 aromatic heterocycles. The van der Waals surface area contributed by atoms with Crippen molar-refractivity contribution in [3.05, 3.63) is 143 Å². The Morgan fingerprint density at radius 1 is 0.920 bits per heavy atom. The number of esters is 1. The number of anilines is 1. The number of aliphatic hydroxyl groups is 1. The highest BCUT2D eigenvalue weighted by molar-refractivity contribution is 7.92. The summed E-state index contributed by atoms with van der Waals surface area (Å²) >= 11 is 0. The smallest absolute Gasteiger partial charge is 0.338 e. The minimum Gasteiger partial charge on any atom is -0.492 e. The Hall–Kier alpha value is -5.16. The molecule has 0 saturated heterocycles. The van der Waals surface area contributed by atoms with Crippen molar-refractivity contribution in [3.63, 3.8) is 0 Å². The van der Waals surface area contributed by atoms with Crippen molar-refractivity contribution in [2.24, 2.45) is 0 Å². The lowest BCUT2D eigenvalue weighted by atomic mass is 10.00. The minimum absolute atomic E-state index is 0. The zero-order valence-corrected chi connectivity index (χ0v) is 27.9. The minimum atomic E-state index is -3.85. The Morgan fingerprint density at radius 2 is 1.70 bits per heavy atom. The zero-order chi connectivity index (χ0) is 34.2. The summed E-state index contributed by atoms with van der Waals surface area (Å²) in [4.78, 5) is 12.6. The molecular formula is C40H42N2O7S.